The number of aryl methyl sites for hydroxylation is 1. The van der Waals surface area contributed by atoms with Gasteiger partial charge in [0.15, 0.2) is 0 Å². The third-order valence-corrected chi connectivity index (χ3v) is 4.13. The fraction of sp³-hybridized carbons (Fsp3) is 0.333. The maximum absolute atomic E-state index is 14.0. The minimum Gasteiger partial charge on any atom is -0.496 e. The van der Waals surface area contributed by atoms with Gasteiger partial charge in [0.25, 0.3) is 0 Å². The quantitative estimate of drug-likeness (QED) is 0.868. The minimum atomic E-state index is -0.218. The molecule has 0 bridgehead atoms. The van der Waals surface area contributed by atoms with Gasteiger partial charge in [-0.1, -0.05) is 12.1 Å². The van der Waals surface area contributed by atoms with Crippen molar-refractivity contribution in [3.63, 3.8) is 0 Å². The van der Waals surface area contributed by atoms with E-state index in [0.29, 0.717) is 11.3 Å². The molecule has 1 heterocycles. The molecule has 4 heteroatoms. The van der Waals surface area contributed by atoms with E-state index in [-0.39, 0.29) is 11.9 Å². The molecule has 1 unspecified atom stereocenters. The van der Waals surface area contributed by atoms with Gasteiger partial charge in [0, 0.05) is 16.5 Å². The first-order chi connectivity index (χ1) is 9.26. The summed E-state index contributed by atoms with van der Waals surface area (Å²) >= 11 is 1.73. The first-order valence-corrected chi connectivity index (χ1v) is 7.16. The Balaban J connectivity index is 2.17. The Hall–Kier alpha value is -1.39. The van der Waals surface area contributed by atoms with Gasteiger partial charge in [-0.25, -0.2) is 4.39 Å². The summed E-state index contributed by atoms with van der Waals surface area (Å²) in [6.45, 7) is 0. The molecular formula is C15H18FNOS. The Morgan fingerprint density at radius 1 is 1.32 bits per heavy atom. The number of ether oxygens (including phenoxy) is 1. The van der Waals surface area contributed by atoms with Gasteiger partial charge >= 0.3 is 0 Å². The molecule has 19 heavy (non-hydrogen) atoms. The summed E-state index contributed by atoms with van der Waals surface area (Å²) in [4.78, 5) is 1.32. The van der Waals surface area contributed by atoms with Crippen molar-refractivity contribution in [2.45, 2.75) is 18.9 Å². The highest BCUT2D eigenvalue weighted by Crippen LogP contribution is 2.30. The van der Waals surface area contributed by atoms with Crippen LogP contribution in [0.3, 0.4) is 0 Å². The van der Waals surface area contributed by atoms with E-state index < -0.39 is 0 Å². The number of halogens is 1. The molecule has 0 saturated heterocycles. The summed E-state index contributed by atoms with van der Waals surface area (Å²) in [6, 6.07) is 9.05. The molecule has 1 aromatic heterocycles. The van der Waals surface area contributed by atoms with Crippen molar-refractivity contribution in [3.8, 4) is 5.75 Å². The van der Waals surface area contributed by atoms with Crippen LogP contribution in [0.5, 0.6) is 5.75 Å². The summed E-state index contributed by atoms with van der Waals surface area (Å²) in [7, 11) is 3.43. The molecule has 0 amide bonds. The normalized spacial score (nSPS) is 12.4. The average molecular weight is 279 g/mol. The van der Waals surface area contributed by atoms with Gasteiger partial charge in [-0.2, -0.15) is 0 Å². The van der Waals surface area contributed by atoms with E-state index in [1.54, 1.807) is 30.6 Å². The molecule has 1 N–H and O–H groups in total. The summed E-state index contributed by atoms with van der Waals surface area (Å²) in [5, 5.41) is 5.24. The zero-order chi connectivity index (χ0) is 13.7. The monoisotopic (exact) mass is 279 g/mol. The number of benzene rings is 1. The fourth-order valence-electron chi connectivity index (χ4n) is 2.21. The van der Waals surface area contributed by atoms with Crippen LogP contribution in [-0.2, 0) is 6.42 Å². The molecule has 102 valence electrons. The highest BCUT2D eigenvalue weighted by molar-refractivity contribution is 7.09. The first-order valence-electron chi connectivity index (χ1n) is 6.28. The van der Waals surface area contributed by atoms with E-state index in [2.05, 4.69) is 16.8 Å². The predicted molar refractivity (Wildman–Crippen MR) is 77.4 cm³/mol. The largest absolute Gasteiger partial charge is 0.496 e. The zero-order valence-corrected chi connectivity index (χ0v) is 12.0. The molecule has 0 aliphatic heterocycles. The molecule has 1 atom stereocenters. The second-order valence-electron chi connectivity index (χ2n) is 4.32. The van der Waals surface area contributed by atoms with Crippen LogP contribution in [0.25, 0.3) is 0 Å². The average Bonchev–Trinajstić information content (AvgIpc) is 2.94. The molecule has 0 spiro atoms. The highest BCUT2D eigenvalue weighted by atomic mass is 32.1. The van der Waals surface area contributed by atoms with Gasteiger partial charge in [0.05, 0.1) is 7.11 Å². The lowest BCUT2D eigenvalue weighted by Crippen LogP contribution is -2.19. The van der Waals surface area contributed by atoms with Crippen LogP contribution >= 0.6 is 11.3 Å². The number of hydrogen-bond acceptors (Lipinski definition) is 3. The van der Waals surface area contributed by atoms with Crippen molar-refractivity contribution in [2.24, 2.45) is 0 Å². The highest BCUT2D eigenvalue weighted by Gasteiger charge is 2.18. The minimum absolute atomic E-state index is 0.0433. The van der Waals surface area contributed by atoms with Crippen LogP contribution in [-0.4, -0.2) is 14.2 Å². The van der Waals surface area contributed by atoms with Gasteiger partial charge in [0.1, 0.15) is 11.6 Å². The van der Waals surface area contributed by atoms with Gasteiger partial charge in [-0.15, -0.1) is 11.3 Å². The van der Waals surface area contributed by atoms with Crippen molar-refractivity contribution in [1.29, 1.82) is 0 Å². The second-order valence-corrected chi connectivity index (χ2v) is 5.35. The summed E-state index contributed by atoms with van der Waals surface area (Å²) in [6.07, 6.45) is 1.77. The Kier molecular flexibility index (Phi) is 4.93. The zero-order valence-electron chi connectivity index (χ0n) is 11.2. The Bertz CT molecular complexity index is 513. The number of methoxy groups -OCH3 is 1. The number of rotatable bonds is 6. The van der Waals surface area contributed by atoms with Crippen molar-refractivity contribution >= 4 is 11.3 Å². The standard InChI is InChI=1S/C15H18FNOS/c1-17-13(9-8-11-5-4-10-19-11)15-12(16)6-3-7-14(15)18-2/h3-7,10,13,17H,8-9H2,1-2H3. The molecule has 2 aromatic rings. The number of thiophene rings is 1. The topological polar surface area (TPSA) is 21.3 Å². The van der Waals surface area contributed by atoms with E-state index in [0.717, 1.165) is 12.8 Å². The van der Waals surface area contributed by atoms with Gasteiger partial charge < -0.3 is 10.1 Å². The SMILES string of the molecule is CNC(CCc1cccs1)c1c(F)cccc1OC. The number of hydrogen-bond donors (Lipinski definition) is 1. The Morgan fingerprint density at radius 3 is 2.79 bits per heavy atom. The third-order valence-electron chi connectivity index (χ3n) is 3.19. The smallest absolute Gasteiger partial charge is 0.131 e. The second kappa shape index (κ2) is 6.68. The third kappa shape index (κ3) is 3.33. The van der Waals surface area contributed by atoms with Crippen molar-refractivity contribution in [1.82, 2.24) is 5.32 Å². The lowest BCUT2D eigenvalue weighted by atomic mass is 10.00. The van der Waals surface area contributed by atoms with Crippen LogP contribution in [0.1, 0.15) is 22.9 Å². The fourth-order valence-corrected chi connectivity index (χ4v) is 2.93. The molecule has 0 aliphatic carbocycles. The lowest BCUT2D eigenvalue weighted by Gasteiger charge is -2.19. The van der Waals surface area contributed by atoms with Gasteiger partial charge in [-0.3, -0.25) is 0 Å². The van der Waals surface area contributed by atoms with E-state index in [9.17, 15) is 4.39 Å². The van der Waals surface area contributed by atoms with Crippen LogP contribution < -0.4 is 10.1 Å². The van der Waals surface area contributed by atoms with Gasteiger partial charge in [0.2, 0.25) is 0 Å². The maximum Gasteiger partial charge on any atom is 0.131 e. The molecule has 0 fully saturated rings. The summed E-state index contributed by atoms with van der Waals surface area (Å²) < 4.78 is 19.3. The number of nitrogens with one attached hydrogen (secondary N) is 1. The Labute approximate surface area is 117 Å². The van der Waals surface area contributed by atoms with E-state index in [1.807, 2.05) is 13.1 Å². The maximum atomic E-state index is 14.0. The van der Waals surface area contributed by atoms with Crippen LogP contribution in [0.2, 0.25) is 0 Å². The van der Waals surface area contributed by atoms with Crippen LogP contribution in [0.15, 0.2) is 35.7 Å². The Morgan fingerprint density at radius 2 is 2.16 bits per heavy atom. The van der Waals surface area contributed by atoms with E-state index in [1.165, 1.54) is 10.9 Å². The molecular weight excluding hydrogens is 261 g/mol. The summed E-state index contributed by atoms with van der Waals surface area (Å²) in [5.74, 6) is 0.385. The molecule has 2 rings (SSSR count). The lowest BCUT2D eigenvalue weighted by molar-refractivity contribution is 0.390. The predicted octanol–water partition coefficient (Wildman–Crippen LogP) is 3.79. The van der Waals surface area contributed by atoms with Crippen LogP contribution in [0.4, 0.5) is 4.39 Å². The van der Waals surface area contributed by atoms with E-state index in [4.69, 9.17) is 4.74 Å². The molecule has 0 aliphatic rings. The first kappa shape index (κ1) is 14.0. The summed E-state index contributed by atoms with van der Waals surface area (Å²) in [5.41, 5.74) is 0.615. The van der Waals surface area contributed by atoms with Gasteiger partial charge in [-0.05, 0) is 43.5 Å². The van der Waals surface area contributed by atoms with Crippen molar-refractivity contribution < 1.29 is 9.13 Å². The van der Waals surface area contributed by atoms with E-state index >= 15 is 0 Å². The molecule has 1 aromatic carbocycles. The van der Waals surface area contributed by atoms with Crippen molar-refractivity contribution in [3.05, 3.63) is 52.0 Å². The molecule has 2 nitrogen and oxygen atoms in total. The molecule has 0 saturated carbocycles. The molecule has 0 radical (unpaired) electrons. The van der Waals surface area contributed by atoms with Crippen molar-refractivity contribution in [2.75, 3.05) is 14.2 Å². The van der Waals surface area contributed by atoms with Crippen LogP contribution in [0, 0.1) is 5.82 Å².